The molecule has 38 heavy (non-hydrogen) atoms. The molecule has 0 aromatic heterocycles. The normalized spacial score (nSPS) is 14.6. The number of carbonyl (C=O) groups is 1. The van der Waals surface area contributed by atoms with E-state index in [9.17, 15) is 14.3 Å². The molecule has 0 bridgehead atoms. The number of unbranched alkanes of at least 4 members (excludes halogenated alkanes) is 12. The Hall–Kier alpha value is -0.760. The summed E-state index contributed by atoms with van der Waals surface area (Å²) < 4.78 is 33.8. The van der Waals surface area contributed by atoms with Gasteiger partial charge in [0.05, 0.1) is 34.4 Å². The molecule has 8 nitrogen and oxygen atoms in total. The molecular weight excluding hydrogens is 505 g/mol. The highest BCUT2D eigenvalue weighted by molar-refractivity contribution is 7.47. The zero-order valence-corrected chi connectivity index (χ0v) is 26.1. The molecule has 0 amide bonds. The lowest BCUT2D eigenvalue weighted by Crippen LogP contribution is -2.37. The van der Waals surface area contributed by atoms with Crippen LogP contribution in [0.3, 0.4) is 0 Å². The molecule has 0 aliphatic rings. The summed E-state index contributed by atoms with van der Waals surface area (Å²) in [5.41, 5.74) is 0. The molecule has 0 saturated heterocycles. The third kappa shape index (κ3) is 26.8. The number of quaternary nitrogens is 1. The SMILES string of the molecule is CCCCCCCC/C=C\CCCCCCCCOCC(COP(=O)(O)OCC[N+](C)(C)C)OC(=O)CC. The number of hydrogen-bond donors (Lipinski definition) is 1. The van der Waals surface area contributed by atoms with Crippen LogP contribution in [0.25, 0.3) is 0 Å². The molecule has 0 fully saturated rings. The number of phosphoric acid groups is 1. The molecule has 1 N–H and O–H groups in total. The number of rotatable bonds is 27. The first-order chi connectivity index (χ1) is 18.1. The number of likely N-dealkylation sites (N-methyl/N-ethyl adjacent to an activating group) is 1. The Balaban J connectivity index is 3.87. The van der Waals surface area contributed by atoms with E-state index in [1.54, 1.807) is 6.92 Å². The number of phosphoric ester groups is 1. The maximum atomic E-state index is 12.1. The lowest BCUT2D eigenvalue weighted by Gasteiger charge is -2.24. The fraction of sp³-hybridized carbons (Fsp3) is 0.897. The van der Waals surface area contributed by atoms with Gasteiger partial charge in [0.15, 0.2) is 0 Å². The number of nitrogens with zero attached hydrogens (tertiary/aromatic N) is 1. The molecule has 226 valence electrons. The minimum absolute atomic E-state index is 0.0865. The van der Waals surface area contributed by atoms with Crippen LogP contribution in [0.5, 0.6) is 0 Å². The summed E-state index contributed by atoms with van der Waals surface area (Å²) in [7, 11) is 1.65. The fourth-order valence-corrected chi connectivity index (χ4v) is 4.44. The Morgan fingerprint density at radius 3 is 1.89 bits per heavy atom. The third-order valence-corrected chi connectivity index (χ3v) is 7.12. The van der Waals surface area contributed by atoms with Crippen molar-refractivity contribution in [1.29, 1.82) is 0 Å². The van der Waals surface area contributed by atoms with Crippen LogP contribution in [-0.2, 0) is 27.9 Å². The van der Waals surface area contributed by atoms with Crippen molar-refractivity contribution in [3.05, 3.63) is 12.2 Å². The van der Waals surface area contributed by atoms with Gasteiger partial charge in [-0.2, -0.15) is 0 Å². The summed E-state index contributed by atoms with van der Waals surface area (Å²) in [5, 5.41) is 0. The number of hydrogen-bond acceptors (Lipinski definition) is 6. The van der Waals surface area contributed by atoms with Crippen molar-refractivity contribution in [3.63, 3.8) is 0 Å². The van der Waals surface area contributed by atoms with Gasteiger partial charge in [-0.05, 0) is 32.1 Å². The minimum Gasteiger partial charge on any atom is -0.457 e. The molecule has 0 aliphatic carbocycles. The lowest BCUT2D eigenvalue weighted by molar-refractivity contribution is -0.870. The van der Waals surface area contributed by atoms with E-state index >= 15 is 0 Å². The van der Waals surface area contributed by atoms with E-state index in [0.29, 0.717) is 17.6 Å². The van der Waals surface area contributed by atoms with Crippen molar-refractivity contribution >= 4 is 13.8 Å². The first-order valence-corrected chi connectivity index (χ1v) is 16.4. The topological polar surface area (TPSA) is 91.3 Å². The van der Waals surface area contributed by atoms with E-state index in [2.05, 4.69) is 19.1 Å². The van der Waals surface area contributed by atoms with Gasteiger partial charge in [0.1, 0.15) is 19.3 Å². The molecule has 0 aromatic carbocycles. The highest BCUT2D eigenvalue weighted by Crippen LogP contribution is 2.43. The van der Waals surface area contributed by atoms with Gasteiger partial charge in [-0.3, -0.25) is 13.8 Å². The standard InChI is InChI=1S/C29H58NO7P/c1-6-8-9-10-11-12-13-14-15-16-17-18-19-20-21-22-24-34-26-28(37-29(31)7-2)27-36-38(32,33)35-25-23-30(3,4)5/h14-15,28H,6-13,16-27H2,1-5H3/p+1/b15-14-. The van der Waals surface area contributed by atoms with Gasteiger partial charge in [-0.25, -0.2) is 4.57 Å². The van der Waals surface area contributed by atoms with Crippen LogP contribution in [-0.4, -0.2) is 75.6 Å². The van der Waals surface area contributed by atoms with Crippen LogP contribution in [0.15, 0.2) is 12.2 Å². The average Bonchev–Trinajstić information content (AvgIpc) is 2.85. The fourth-order valence-electron chi connectivity index (χ4n) is 3.70. The smallest absolute Gasteiger partial charge is 0.457 e. The van der Waals surface area contributed by atoms with E-state index in [0.717, 1.165) is 12.8 Å². The van der Waals surface area contributed by atoms with Gasteiger partial charge < -0.3 is 18.9 Å². The molecule has 9 heteroatoms. The van der Waals surface area contributed by atoms with E-state index in [4.69, 9.17) is 18.5 Å². The van der Waals surface area contributed by atoms with Gasteiger partial charge in [0.25, 0.3) is 0 Å². The number of carbonyl (C=O) groups excluding carboxylic acids is 1. The quantitative estimate of drug-likeness (QED) is 0.0371. The zero-order valence-electron chi connectivity index (χ0n) is 25.2. The van der Waals surface area contributed by atoms with Gasteiger partial charge in [-0.1, -0.05) is 83.8 Å². The largest absolute Gasteiger partial charge is 0.472 e. The molecule has 0 rings (SSSR count). The number of allylic oxidation sites excluding steroid dienone is 2. The molecule has 2 unspecified atom stereocenters. The first-order valence-electron chi connectivity index (χ1n) is 14.9. The summed E-state index contributed by atoms with van der Waals surface area (Å²) in [6, 6.07) is 0. The molecule has 2 atom stereocenters. The third-order valence-electron chi connectivity index (χ3n) is 6.13. The van der Waals surface area contributed by atoms with Crippen molar-refractivity contribution in [2.75, 3.05) is 54.1 Å². The second-order valence-electron chi connectivity index (χ2n) is 11.1. The molecule has 0 saturated carbocycles. The van der Waals surface area contributed by atoms with Crippen LogP contribution in [0, 0.1) is 0 Å². The van der Waals surface area contributed by atoms with E-state index < -0.39 is 19.9 Å². The van der Waals surface area contributed by atoms with E-state index in [-0.39, 0.29) is 26.2 Å². The van der Waals surface area contributed by atoms with Crippen molar-refractivity contribution in [3.8, 4) is 0 Å². The molecule has 0 radical (unpaired) electrons. The maximum absolute atomic E-state index is 12.1. The Morgan fingerprint density at radius 1 is 0.789 bits per heavy atom. The van der Waals surface area contributed by atoms with Crippen molar-refractivity contribution < 1.29 is 37.3 Å². The van der Waals surface area contributed by atoms with Gasteiger partial charge in [0.2, 0.25) is 0 Å². The van der Waals surface area contributed by atoms with Gasteiger partial charge in [0, 0.05) is 13.0 Å². The second kappa shape index (κ2) is 24.1. The van der Waals surface area contributed by atoms with Crippen LogP contribution in [0.2, 0.25) is 0 Å². The lowest BCUT2D eigenvalue weighted by atomic mass is 10.1. The summed E-state index contributed by atoms with van der Waals surface area (Å²) in [6.45, 7) is 5.02. The van der Waals surface area contributed by atoms with E-state index in [1.807, 2.05) is 21.1 Å². The minimum atomic E-state index is -4.22. The summed E-state index contributed by atoms with van der Waals surface area (Å²) in [6.07, 6.45) is 21.7. The van der Waals surface area contributed by atoms with Crippen LogP contribution >= 0.6 is 7.82 Å². The molecule has 0 aromatic rings. The summed E-state index contributed by atoms with van der Waals surface area (Å²) in [4.78, 5) is 21.6. The van der Waals surface area contributed by atoms with Crippen LogP contribution < -0.4 is 0 Å². The summed E-state index contributed by atoms with van der Waals surface area (Å²) >= 11 is 0. The number of ether oxygens (including phenoxy) is 2. The van der Waals surface area contributed by atoms with Crippen molar-refractivity contribution in [1.82, 2.24) is 0 Å². The Bertz CT molecular complexity index is 637. The van der Waals surface area contributed by atoms with Crippen LogP contribution in [0.4, 0.5) is 0 Å². The van der Waals surface area contributed by atoms with Crippen molar-refractivity contribution in [2.24, 2.45) is 0 Å². The first kappa shape index (κ1) is 37.2. The van der Waals surface area contributed by atoms with Crippen molar-refractivity contribution in [2.45, 2.75) is 116 Å². The monoisotopic (exact) mass is 564 g/mol. The zero-order chi connectivity index (χ0) is 28.5. The Kier molecular flexibility index (Phi) is 23.6. The van der Waals surface area contributed by atoms with Gasteiger partial charge >= 0.3 is 13.8 Å². The van der Waals surface area contributed by atoms with E-state index in [1.165, 1.54) is 77.0 Å². The predicted molar refractivity (Wildman–Crippen MR) is 155 cm³/mol. The Morgan fingerprint density at radius 2 is 1.34 bits per heavy atom. The van der Waals surface area contributed by atoms with Crippen LogP contribution in [0.1, 0.15) is 110 Å². The molecule has 0 aliphatic heterocycles. The maximum Gasteiger partial charge on any atom is 0.472 e. The van der Waals surface area contributed by atoms with Gasteiger partial charge in [-0.15, -0.1) is 0 Å². The molecule has 0 heterocycles. The predicted octanol–water partition coefficient (Wildman–Crippen LogP) is 7.20. The second-order valence-corrected chi connectivity index (χ2v) is 12.5. The summed E-state index contributed by atoms with van der Waals surface area (Å²) in [5.74, 6) is -0.404. The number of esters is 1. The average molecular weight is 565 g/mol. The highest BCUT2D eigenvalue weighted by Gasteiger charge is 2.26. The molecular formula is C29H59NO7P+. The molecule has 0 spiro atoms. The Labute approximate surface area is 233 Å². The highest BCUT2D eigenvalue weighted by atomic mass is 31.2.